The second-order valence-electron chi connectivity index (χ2n) is 8.07. The molecule has 4 bridgehead atoms. The highest BCUT2D eigenvalue weighted by Gasteiger charge is 2.50. The fourth-order valence-corrected chi connectivity index (χ4v) is 5.78. The molecule has 0 spiro atoms. The number of hydrogen-bond acceptors (Lipinski definition) is 1. The summed E-state index contributed by atoms with van der Waals surface area (Å²) in [6, 6.07) is 10.9. The number of unbranched alkanes of at least 4 members (excludes halogenated alkanes) is 1. The van der Waals surface area contributed by atoms with Crippen LogP contribution in [0.25, 0.3) is 0 Å². The van der Waals surface area contributed by atoms with Crippen molar-refractivity contribution in [2.75, 3.05) is 6.54 Å². The van der Waals surface area contributed by atoms with Crippen LogP contribution in [-0.2, 0) is 6.42 Å². The van der Waals surface area contributed by atoms with E-state index in [2.05, 4.69) is 35.6 Å². The molecule has 0 aromatic heterocycles. The van der Waals surface area contributed by atoms with E-state index in [9.17, 15) is 0 Å². The largest absolute Gasteiger partial charge is 0.311 e. The van der Waals surface area contributed by atoms with E-state index in [1.807, 2.05) is 0 Å². The molecule has 0 radical (unpaired) electrons. The molecule has 1 heteroatoms. The molecule has 0 heterocycles. The topological polar surface area (TPSA) is 12.0 Å². The van der Waals surface area contributed by atoms with E-state index in [1.165, 1.54) is 50.6 Å². The van der Waals surface area contributed by atoms with Crippen molar-refractivity contribution in [2.45, 2.75) is 63.3 Å². The molecule has 1 aromatic carbocycles. The smallest absolute Gasteiger partial charge is 0.0189 e. The quantitative estimate of drug-likeness (QED) is 0.754. The maximum Gasteiger partial charge on any atom is 0.0189 e. The zero-order valence-electron chi connectivity index (χ0n) is 13.2. The van der Waals surface area contributed by atoms with Gasteiger partial charge in [-0.15, -0.1) is 0 Å². The Balaban J connectivity index is 1.22. The van der Waals surface area contributed by atoms with Crippen molar-refractivity contribution in [3.05, 3.63) is 35.9 Å². The Morgan fingerprint density at radius 3 is 2.10 bits per heavy atom. The number of hydrogen-bond donors (Lipinski definition) is 1. The van der Waals surface area contributed by atoms with E-state index in [0.29, 0.717) is 5.54 Å². The highest BCUT2D eigenvalue weighted by molar-refractivity contribution is 5.14. The van der Waals surface area contributed by atoms with Crippen molar-refractivity contribution in [3.8, 4) is 0 Å². The summed E-state index contributed by atoms with van der Waals surface area (Å²) in [5, 5.41) is 4.01. The SMILES string of the molecule is c1ccc(CCCCNC23CC4CC(CC(C4)C2)C3)cc1. The van der Waals surface area contributed by atoms with Gasteiger partial charge in [0, 0.05) is 5.54 Å². The zero-order chi connectivity index (χ0) is 14.1. The van der Waals surface area contributed by atoms with Gasteiger partial charge in [0.05, 0.1) is 0 Å². The summed E-state index contributed by atoms with van der Waals surface area (Å²) in [7, 11) is 0. The van der Waals surface area contributed by atoms with Gasteiger partial charge in [0.15, 0.2) is 0 Å². The van der Waals surface area contributed by atoms with E-state index in [0.717, 1.165) is 17.8 Å². The van der Waals surface area contributed by atoms with E-state index in [-0.39, 0.29) is 0 Å². The molecule has 0 unspecified atom stereocenters. The minimum atomic E-state index is 0.557. The van der Waals surface area contributed by atoms with Gasteiger partial charge in [0.25, 0.3) is 0 Å². The molecule has 114 valence electrons. The molecule has 4 saturated carbocycles. The lowest BCUT2D eigenvalue weighted by Gasteiger charge is -2.57. The summed E-state index contributed by atoms with van der Waals surface area (Å²) in [6.07, 6.45) is 13.0. The molecule has 1 N–H and O–H groups in total. The number of rotatable bonds is 6. The van der Waals surface area contributed by atoms with Crippen molar-refractivity contribution in [3.63, 3.8) is 0 Å². The first-order chi connectivity index (χ1) is 10.3. The minimum absolute atomic E-state index is 0.557. The predicted octanol–water partition coefficient (Wildman–Crippen LogP) is 4.57. The summed E-state index contributed by atoms with van der Waals surface area (Å²) in [5.74, 6) is 3.19. The lowest BCUT2D eigenvalue weighted by atomic mass is 9.53. The van der Waals surface area contributed by atoms with E-state index in [4.69, 9.17) is 0 Å². The Bertz CT molecular complexity index is 429. The minimum Gasteiger partial charge on any atom is -0.311 e. The van der Waals surface area contributed by atoms with Crippen LogP contribution in [0.15, 0.2) is 30.3 Å². The first-order valence-electron chi connectivity index (χ1n) is 9.10. The number of nitrogens with one attached hydrogen (secondary N) is 1. The highest BCUT2D eigenvalue weighted by Crippen LogP contribution is 2.55. The molecule has 0 aliphatic heterocycles. The summed E-state index contributed by atoms with van der Waals surface area (Å²) < 4.78 is 0. The van der Waals surface area contributed by atoms with Crippen LogP contribution in [0.4, 0.5) is 0 Å². The third-order valence-corrected chi connectivity index (χ3v) is 6.27. The highest BCUT2D eigenvalue weighted by atomic mass is 15.0. The molecule has 4 aliphatic carbocycles. The van der Waals surface area contributed by atoms with Crippen LogP contribution in [0.3, 0.4) is 0 Å². The Morgan fingerprint density at radius 1 is 0.857 bits per heavy atom. The lowest BCUT2D eigenvalue weighted by Crippen LogP contribution is -2.58. The standard InChI is InChI=1S/C20H29N/c1-2-6-16(7-3-1)8-4-5-9-21-20-13-17-10-18(14-20)12-19(11-17)15-20/h1-3,6-7,17-19,21H,4-5,8-15H2. The Kier molecular flexibility index (Phi) is 3.79. The fraction of sp³-hybridized carbons (Fsp3) is 0.700. The molecular formula is C20H29N. The van der Waals surface area contributed by atoms with Gasteiger partial charge in [-0.05, 0) is 87.6 Å². The Labute approximate surface area is 129 Å². The van der Waals surface area contributed by atoms with Gasteiger partial charge in [-0.2, -0.15) is 0 Å². The van der Waals surface area contributed by atoms with Gasteiger partial charge >= 0.3 is 0 Å². The van der Waals surface area contributed by atoms with Gasteiger partial charge in [0.1, 0.15) is 0 Å². The summed E-state index contributed by atoms with van der Waals surface area (Å²) >= 11 is 0. The van der Waals surface area contributed by atoms with Crippen molar-refractivity contribution < 1.29 is 0 Å². The maximum atomic E-state index is 4.01. The number of benzene rings is 1. The van der Waals surface area contributed by atoms with Crippen molar-refractivity contribution in [1.82, 2.24) is 5.32 Å². The summed E-state index contributed by atoms with van der Waals surface area (Å²) in [4.78, 5) is 0. The monoisotopic (exact) mass is 283 g/mol. The van der Waals surface area contributed by atoms with Crippen LogP contribution >= 0.6 is 0 Å². The average Bonchev–Trinajstić information content (AvgIpc) is 2.46. The van der Waals surface area contributed by atoms with E-state index >= 15 is 0 Å². The molecule has 5 rings (SSSR count). The van der Waals surface area contributed by atoms with Crippen molar-refractivity contribution >= 4 is 0 Å². The summed E-state index contributed by atoms with van der Waals surface area (Å²) in [6.45, 7) is 1.24. The van der Waals surface area contributed by atoms with Crippen LogP contribution in [0.5, 0.6) is 0 Å². The second-order valence-corrected chi connectivity index (χ2v) is 8.07. The van der Waals surface area contributed by atoms with Crippen LogP contribution in [0.1, 0.15) is 56.9 Å². The molecule has 0 amide bonds. The molecule has 4 aliphatic rings. The molecule has 21 heavy (non-hydrogen) atoms. The first-order valence-corrected chi connectivity index (χ1v) is 9.10. The Morgan fingerprint density at radius 2 is 1.48 bits per heavy atom. The second kappa shape index (κ2) is 5.76. The van der Waals surface area contributed by atoms with Crippen LogP contribution in [0, 0.1) is 17.8 Å². The van der Waals surface area contributed by atoms with Gasteiger partial charge in [0.2, 0.25) is 0 Å². The summed E-state index contributed by atoms with van der Waals surface area (Å²) in [5.41, 5.74) is 2.05. The van der Waals surface area contributed by atoms with Gasteiger partial charge in [-0.25, -0.2) is 0 Å². The first kappa shape index (κ1) is 13.8. The third-order valence-electron chi connectivity index (χ3n) is 6.27. The normalized spacial score (nSPS) is 37.0. The molecular weight excluding hydrogens is 254 g/mol. The van der Waals surface area contributed by atoms with Gasteiger partial charge < -0.3 is 5.32 Å². The number of aryl methyl sites for hydroxylation is 1. The maximum absolute atomic E-state index is 4.01. The van der Waals surface area contributed by atoms with Crippen LogP contribution in [0.2, 0.25) is 0 Å². The average molecular weight is 283 g/mol. The molecule has 0 saturated heterocycles. The van der Waals surface area contributed by atoms with Crippen molar-refractivity contribution in [2.24, 2.45) is 17.8 Å². The molecule has 0 atom stereocenters. The lowest BCUT2D eigenvalue weighted by molar-refractivity contribution is -0.0195. The van der Waals surface area contributed by atoms with E-state index in [1.54, 1.807) is 19.3 Å². The molecule has 4 fully saturated rings. The molecule has 1 aromatic rings. The predicted molar refractivity (Wildman–Crippen MR) is 88.3 cm³/mol. The van der Waals surface area contributed by atoms with Gasteiger partial charge in [-0.1, -0.05) is 30.3 Å². The van der Waals surface area contributed by atoms with Crippen LogP contribution < -0.4 is 5.32 Å². The van der Waals surface area contributed by atoms with Gasteiger partial charge in [-0.3, -0.25) is 0 Å². The third kappa shape index (κ3) is 3.04. The van der Waals surface area contributed by atoms with Crippen LogP contribution in [-0.4, -0.2) is 12.1 Å². The fourth-order valence-electron chi connectivity index (χ4n) is 5.78. The zero-order valence-corrected chi connectivity index (χ0v) is 13.2. The van der Waals surface area contributed by atoms with E-state index < -0.39 is 0 Å². The molecule has 1 nitrogen and oxygen atoms in total. The Hall–Kier alpha value is -0.820. The van der Waals surface area contributed by atoms with Crippen molar-refractivity contribution in [1.29, 1.82) is 0 Å².